The van der Waals surface area contributed by atoms with Gasteiger partial charge in [0.2, 0.25) is 0 Å². The molecular weight excluding hydrogens is 308 g/mol. The fourth-order valence-electron chi connectivity index (χ4n) is 2.64. The van der Waals surface area contributed by atoms with E-state index >= 15 is 0 Å². The summed E-state index contributed by atoms with van der Waals surface area (Å²) >= 11 is 0. The minimum Gasteiger partial charge on any atom is -0.469 e. The van der Waals surface area contributed by atoms with Crippen LogP contribution in [0, 0.1) is 11.8 Å². The third kappa shape index (κ3) is 7.97. The monoisotopic (exact) mass is 342 g/mol. The van der Waals surface area contributed by atoms with Crippen molar-refractivity contribution in [2.75, 3.05) is 53.0 Å². The van der Waals surface area contributed by atoms with E-state index in [4.69, 9.17) is 9.47 Å². The Morgan fingerprint density at radius 1 is 1.38 bits per heavy atom. The number of nitrogens with one attached hydrogen (secondary N) is 2. The standard InChI is InChI=1S/C17H34N4O3/c1-6-18-17(19-9-14(4)16(22)23-5)20-10-15-12-21(7-8-24-15)11-13(2)3/h13-15H,6-12H2,1-5H3,(H2,18,19,20). The fourth-order valence-corrected chi connectivity index (χ4v) is 2.64. The molecule has 2 unspecified atom stereocenters. The summed E-state index contributed by atoms with van der Waals surface area (Å²) in [7, 11) is 1.40. The quantitative estimate of drug-likeness (QED) is 0.384. The normalized spacial score (nSPS) is 20.8. The van der Waals surface area contributed by atoms with Crippen molar-refractivity contribution in [2.24, 2.45) is 16.8 Å². The van der Waals surface area contributed by atoms with E-state index in [0.29, 0.717) is 25.0 Å². The summed E-state index contributed by atoms with van der Waals surface area (Å²) in [4.78, 5) is 18.4. The highest BCUT2D eigenvalue weighted by atomic mass is 16.5. The second-order valence-electron chi connectivity index (χ2n) is 6.67. The van der Waals surface area contributed by atoms with Gasteiger partial charge >= 0.3 is 5.97 Å². The first-order chi connectivity index (χ1) is 11.5. The van der Waals surface area contributed by atoms with Crippen molar-refractivity contribution in [3.8, 4) is 0 Å². The van der Waals surface area contributed by atoms with E-state index in [-0.39, 0.29) is 18.0 Å². The number of carbonyl (C=O) groups is 1. The largest absolute Gasteiger partial charge is 0.469 e. The molecule has 0 aromatic rings. The number of guanidine groups is 1. The van der Waals surface area contributed by atoms with Crippen LogP contribution in [0.1, 0.15) is 27.7 Å². The molecule has 0 spiro atoms. The smallest absolute Gasteiger partial charge is 0.310 e. The summed E-state index contributed by atoms with van der Waals surface area (Å²) in [6, 6.07) is 0. The van der Waals surface area contributed by atoms with Crippen LogP contribution in [0.2, 0.25) is 0 Å². The van der Waals surface area contributed by atoms with Gasteiger partial charge < -0.3 is 20.1 Å². The SMILES string of the molecule is CCNC(=NCC(C)C(=O)OC)NCC1CN(CC(C)C)CCO1. The minimum atomic E-state index is -0.252. The van der Waals surface area contributed by atoms with Gasteiger partial charge in [0.15, 0.2) is 5.96 Å². The molecule has 1 aliphatic rings. The zero-order valence-corrected chi connectivity index (χ0v) is 15.8. The highest BCUT2D eigenvalue weighted by molar-refractivity contribution is 5.80. The molecule has 1 fully saturated rings. The van der Waals surface area contributed by atoms with Crippen molar-refractivity contribution in [1.29, 1.82) is 0 Å². The Morgan fingerprint density at radius 3 is 2.75 bits per heavy atom. The molecule has 7 nitrogen and oxygen atoms in total. The van der Waals surface area contributed by atoms with Gasteiger partial charge in [0, 0.05) is 32.7 Å². The number of carbonyl (C=O) groups excluding carboxylic acids is 1. The molecule has 140 valence electrons. The van der Waals surface area contributed by atoms with Gasteiger partial charge in [-0.2, -0.15) is 0 Å². The van der Waals surface area contributed by atoms with E-state index in [9.17, 15) is 4.79 Å². The second kappa shape index (κ2) is 11.3. The number of morpholine rings is 1. The molecule has 0 bridgehead atoms. The molecule has 24 heavy (non-hydrogen) atoms. The predicted octanol–water partition coefficient (Wildman–Crippen LogP) is 0.707. The number of aliphatic imine (C=N–C) groups is 1. The predicted molar refractivity (Wildman–Crippen MR) is 96.2 cm³/mol. The molecular formula is C17H34N4O3. The van der Waals surface area contributed by atoms with Gasteiger partial charge in [-0.05, 0) is 12.8 Å². The van der Waals surface area contributed by atoms with Crippen molar-refractivity contribution >= 4 is 11.9 Å². The molecule has 0 amide bonds. The highest BCUT2D eigenvalue weighted by Gasteiger charge is 2.21. The van der Waals surface area contributed by atoms with Gasteiger partial charge in [-0.1, -0.05) is 20.8 Å². The summed E-state index contributed by atoms with van der Waals surface area (Å²) in [6.07, 6.45) is 0.152. The van der Waals surface area contributed by atoms with Gasteiger partial charge in [-0.25, -0.2) is 0 Å². The molecule has 1 heterocycles. The third-order valence-corrected chi connectivity index (χ3v) is 3.81. The Bertz CT molecular complexity index is 401. The van der Waals surface area contributed by atoms with Crippen LogP contribution in [0.15, 0.2) is 4.99 Å². The van der Waals surface area contributed by atoms with Gasteiger partial charge in [0.25, 0.3) is 0 Å². The van der Waals surface area contributed by atoms with Crippen LogP contribution < -0.4 is 10.6 Å². The highest BCUT2D eigenvalue weighted by Crippen LogP contribution is 2.07. The number of nitrogens with zero attached hydrogens (tertiary/aromatic N) is 2. The van der Waals surface area contributed by atoms with Crippen LogP contribution in [0.5, 0.6) is 0 Å². The van der Waals surface area contributed by atoms with Crippen molar-refractivity contribution in [2.45, 2.75) is 33.8 Å². The van der Waals surface area contributed by atoms with Crippen LogP contribution in [0.3, 0.4) is 0 Å². The first kappa shape index (κ1) is 20.7. The molecule has 1 rings (SSSR count). The fraction of sp³-hybridized carbons (Fsp3) is 0.882. The van der Waals surface area contributed by atoms with Crippen molar-refractivity contribution in [3.63, 3.8) is 0 Å². The topological polar surface area (TPSA) is 75.2 Å². The van der Waals surface area contributed by atoms with E-state index in [1.807, 2.05) is 13.8 Å². The van der Waals surface area contributed by atoms with Gasteiger partial charge in [-0.3, -0.25) is 14.7 Å². The molecule has 0 radical (unpaired) electrons. The van der Waals surface area contributed by atoms with E-state index in [2.05, 4.69) is 34.4 Å². The number of esters is 1. The second-order valence-corrected chi connectivity index (χ2v) is 6.67. The molecule has 1 saturated heterocycles. The first-order valence-corrected chi connectivity index (χ1v) is 8.90. The van der Waals surface area contributed by atoms with Gasteiger partial charge in [-0.15, -0.1) is 0 Å². The summed E-state index contributed by atoms with van der Waals surface area (Å²) in [6.45, 7) is 14.0. The van der Waals surface area contributed by atoms with Gasteiger partial charge in [0.05, 0.1) is 32.3 Å². The Morgan fingerprint density at radius 2 is 2.12 bits per heavy atom. The van der Waals surface area contributed by atoms with E-state index in [1.54, 1.807) is 0 Å². The lowest BCUT2D eigenvalue weighted by molar-refractivity contribution is -0.144. The zero-order valence-electron chi connectivity index (χ0n) is 15.8. The Hall–Kier alpha value is -1.34. The van der Waals surface area contributed by atoms with Crippen LogP contribution in [0.25, 0.3) is 0 Å². The van der Waals surface area contributed by atoms with E-state index in [0.717, 1.165) is 32.8 Å². The van der Waals surface area contributed by atoms with Crippen LogP contribution in [-0.4, -0.2) is 75.9 Å². The Balaban J connectivity index is 2.45. The van der Waals surface area contributed by atoms with Crippen molar-refractivity contribution < 1.29 is 14.3 Å². The third-order valence-electron chi connectivity index (χ3n) is 3.81. The molecule has 2 N–H and O–H groups in total. The molecule has 0 aromatic carbocycles. The molecule has 0 aliphatic carbocycles. The number of methoxy groups -OCH3 is 1. The molecule has 0 saturated carbocycles. The summed E-state index contributed by atoms with van der Waals surface area (Å²) < 4.78 is 10.6. The number of rotatable bonds is 8. The van der Waals surface area contributed by atoms with E-state index in [1.165, 1.54) is 7.11 Å². The van der Waals surface area contributed by atoms with Crippen LogP contribution in [0.4, 0.5) is 0 Å². The Labute approximate surface area is 146 Å². The lowest BCUT2D eigenvalue weighted by Crippen LogP contribution is -2.50. The molecule has 1 aliphatic heterocycles. The summed E-state index contributed by atoms with van der Waals surface area (Å²) in [5, 5.41) is 6.51. The first-order valence-electron chi connectivity index (χ1n) is 8.90. The average molecular weight is 342 g/mol. The lowest BCUT2D eigenvalue weighted by atomic mass is 10.2. The lowest BCUT2D eigenvalue weighted by Gasteiger charge is -2.34. The maximum absolute atomic E-state index is 11.5. The van der Waals surface area contributed by atoms with Crippen LogP contribution >= 0.6 is 0 Å². The average Bonchev–Trinajstić information content (AvgIpc) is 2.56. The van der Waals surface area contributed by atoms with Crippen molar-refractivity contribution in [3.05, 3.63) is 0 Å². The van der Waals surface area contributed by atoms with Crippen molar-refractivity contribution in [1.82, 2.24) is 15.5 Å². The maximum Gasteiger partial charge on any atom is 0.310 e. The van der Waals surface area contributed by atoms with Crippen LogP contribution in [-0.2, 0) is 14.3 Å². The minimum absolute atomic E-state index is 0.152. The number of hydrogen-bond donors (Lipinski definition) is 2. The molecule has 2 atom stereocenters. The van der Waals surface area contributed by atoms with E-state index < -0.39 is 0 Å². The summed E-state index contributed by atoms with van der Waals surface area (Å²) in [5.74, 6) is 0.876. The van der Waals surface area contributed by atoms with Gasteiger partial charge in [0.1, 0.15) is 0 Å². The zero-order chi connectivity index (χ0) is 17.9. The molecule has 0 aromatic heterocycles. The number of ether oxygens (including phenoxy) is 2. The molecule has 7 heteroatoms. The summed E-state index contributed by atoms with van der Waals surface area (Å²) in [5.41, 5.74) is 0. The Kier molecular flexibility index (Phi) is 9.71. The number of hydrogen-bond acceptors (Lipinski definition) is 5. The maximum atomic E-state index is 11.5.